The molecule has 17 atom stereocenters. The van der Waals surface area contributed by atoms with Crippen LogP contribution in [0.15, 0.2) is 36.5 Å². The molecule has 0 radical (unpaired) electrons. The molecule has 3 aliphatic rings. The van der Waals surface area contributed by atoms with Crippen molar-refractivity contribution in [2.45, 2.75) is 169 Å². The molecule has 10 nitrogen and oxygen atoms in total. The summed E-state index contributed by atoms with van der Waals surface area (Å²) in [5.74, 6) is -6.12. The van der Waals surface area contributed by atoms with Crippen LogP contribution in [0, 0.1) is 53.3 Å². The zero-order chi connectivity index (χ0) is 40.5. The molecule has 2 saturated heterocycles. The Kier molecular flexibility index (Phi) is 17.8. The van der Waals surface area contributed by atoms with E-state index in [-0.39, 0.29) is 41.7 Å². The van der Waals surface area contributed by atoms with Crippen molar-refractivity contribution >= 4 is 17.5 Å². The molecule has 3 aliphatic heterocycles. The third-order valence-corrected chi connectivity index (χ3v) is 12.9. The van der Waals surface area contributed by atoms with E-state index in [1.165, 1.54) is 6.08 Å². The van der Waals surface area contributed by atoms with E-state index < -0.39 is 77.6 Å². The molecule has 0 aromatic rings. The maximum absolute atomic E-state index is 13.5. The average Bonchev–Trinajstić information content (AvgIpc) is 3.14. The van der Waals surface area contributed by atoms with Crippen LogP contribution in [-0.4, -0.2) is 86.5 Å². The smallest absolute Gasteiger partial charge is 0.330 e. The van der Waals surface area contributed by atoms with E-state index in [1.807, 2.05) is 32.1 Å². The van der Waals surface area contributed by atoms with E-state index in [9.17, 15) is 34.8 Å². The number of carbonyl (C=O) groups is 3. The molecule has 0 aliphatic carbocycles. The maximum atomic E-state index is 13.5. The van der Waals surface area contributed by atoms with Crippen molar-refractivity contribution < 1.29 is 49.0 Å². The van der Waals surface area contributed by atoms with Crippen molar-refractivity contribution in [1.82, 2.24) is 0 Å². The molecule has 0 unspecified atom stereocenters. The molecule has 0 saturated carbocycles. The molecule has 2 bridgehead atoms. The highest BCUT2D eigenvalue weighted by Crippen LogP contribution is 2.46. The standard InChI is InChI=1S/C44H72O10/c1-11-34-16-14-12-13-15-26(3)39(47)30(7)41(49)32(9)43(51)33(10)42(50)31(8)40(48)27(4)17-20-38(46)52-37-24-44(53-35(19-18-34)29(37)6)22-21-25(2)36(54-44)23-28(5)45/h12-14,16-17,20,25-37,39-40,43,45,47-48,51H,11,15,18-19,21-24H2,1-10H3/b13-12+,16-14+,20-17+/t25-,26-,27-,28+,29+,30-,31+,32-,33+,34+,35-,36-,37-,39+,40-,43-,44-/m0/s1. The summed E-state index contributed by atoms with van der Waals surface area (Å²) in [7, 11) is 0. The zero-order valence-electron chi connectivity index (χ0n) is 34.6. The Morgan fingerprint density at radius 1 is 0.759 bits per heavy atom. The van der Waals surface area contributed by atoms with Gasteiger partial charge < -0.3 is 34.6 Å². The first kappa shape index (κ1) is 46.2. The van der Waals surface area contributed by atoms with Crippen LogP contribution in [0.25, 0.3) is 0 Å². The lowest BCUT2D eigenvalue weighted by Crippen LogP contribution is -2.57. The van der Waals surface area contributed by atoms with Gasteiger partial charge in [0.15, 0.2) is 5.79 Å². The highest BCUT2D eigenvalue weighted by molar-refractivity contribution is 5.87. The summed E-state index contributed by atoms with van der Waals surface area (Å²) in [6.07, 6.45) is 11.6. The van der Waals surface area contributed by atoms with Crippen LogP contribution in [0.4, 0.5) is 0 Å². The highest BCUT2D eigenvalue weighted by atomic mass is 16.7. The van der Waals surface area contributed by atoms with E-state index in [2.05, 4.69) is 19.9 Å². The Bertz CT molecular complexity index is 1310. The topological polar surface area (TPSA) is 160 Å². The van der Waals surface area contributed by atoms with Gasteiger partial charge >= 0.3 is 5.97 Å². The van der Waals surface area contributed by atoms with E-state index in [0.29, 0.717) is 25.7 Å². The molecule has 0 aromatic carbocycles. The van der Waals surface area contributed by atoms with Gasteiger partial charge in [0.2, 0.25) is 0 Å². The normalized spacial score (nSPS) is 45.3. The van der Waals surface area contributed by atoms with Gasteiger partial charge in [-0.1, -0.05) is 92.7 Å². The first-order valence-corrected chi connectivity index (χ1v) is 20.7. The quantitative estimate of drug-likeness (QED) is 0.233. The minimum absolute atomic E-state index is 0.121. The van der Waals surface area contributed by atoms with Crippen molar-refractivity contribution in [3.05, 3.63) is 36.5 Å². The van der Waals surface area contributed by atoms with Crippen LogP contribution >= 0.6 is 0 Å². The zero-order valence-corrected chi connectivity index (χ0v) is 34.6. The Labute approximate surface area is 324 Å². The molecule has 2 fully saturated rings. The summed E-state index contributed by atoms with van der Waals surface area (Å²) in [5, 5.41) is 43.6. The molecule has 3 heterocycles. The second-order valence-corrected chi connectivity index (χ2v) is 17.3. The predicted molar refractivity (Wildman–Crippen MR) is 209 cm³/mol. The number of esters is 1. The fourth-order valence-corrected chi connectivity index (χ4v) is 8.54. The van der Waals surface area contributed by atoms with Crippen molar-refractivity contribution in [3.8, 4) is 0 Å². The summed E-state index contributed by atoms with van der Waals surface area (Å²) < 4.78 is 19.7. The Morgan fingerprint density at radius 3 is 1.98 bits per heavy atom. The summed E-state index contributed by atoms with van der Waals surface area (Å²) >= 11 is 0. The summed E-state index contributed by atoms with van der Waals surface area (Å²) in [5.41, 5.74) is 0. The van der Waals surface area contributed by atoms with Gasteiger partial charge in [0.05, 0.1) is 36.6 Å². The number of ketones is 2. The maximum Gasteiger partial charge on any atom is 0.330 e. The monoisotopic (exact) mass is 761 g/mol. The molecule has 3 rings (SSSR count). The first-order chi connectivity index (χ1) is 25.3. The number of ether oxygens (including phenoxy) is 3. The van der Waals surface area contributed by atoms with Gasteiger partial charge in [-0.15, -0.1) is 0 Å². The van der Waals surface area contributed by atoms with E-state index in [0.717, 1.165) is 25.7 Å². The van der Waals surface area contributed by atoms with Crippen LogP contribution in [0.3, 0.4) is 0 Å². The molecule has 10 heteroatoms. The fourth-order valence-electron chi connectivity index (χ4n) is 8.54. The van der Waals surface area contributed by atoms with Crippen LogP contribution < -0.4 is 0 Å². The number of fused-ring (bicyclic) bond motifs is 2. The molecule has 4 N–H and O–H groups in total. The van der Waals surface area contributed by atoms with Gasteiger partial charge in [0, 0.05) is 54.4 Å². The molecule has 0 amide bonds. The molecular weight excluding hydrogens is 688 g/mol. The average molecular weight is 761 g/mol. The molecule has 1 spiro atoms. The lowest BCUT2D eigenvalue weighted by Gasteiger charge is -2.52. The number of hydrogen-bond donors (Lipinski definition) is 4. The second-order valence-electron chi connectivity index (χ2n) is 17.3. The van der Waals surface area contributed by atoms with E-state index in [4.69, 9.17) is 14.2 Å². The Balaban J connectivity index is 1.93. The van der Waals surface area contributed by atoms with Crippen molar-refractivity contribution in [3.63, 3.8) is 0 Å². The minimum atomic E-state index is -1.30. The van der Waals surface area contributed by atoms with Gasteiger partial charge in [0.25, 0.3) is 0 Å². The van der Waals surface area contributed by atoms with E-state index >= 15 is 0 Å². The van der Waals surface area contributed by atoms with Crippen LogP contribution in [0.1, 0.15) is 121 Å². The largest absolute Gasteiger partial charge is 0.459 e. The van der Waals surface area contributed by atoms with Crippen molar-refractivity contribution in [2.24, 2.45) is 53.3 Å². The number of rotatable bonds is 3. The molecule has 308 valence electrons. The van der Waals surface area contributed by atoms with Gasteiger partial charge in [-0.3, -0.25) is 9.59 Å². The third-order valence-electron chi connectivity index (χ3n) is 12.9. The van der Waals surface area contributed by atoms with Crippen molar-refractivity contribution in [1.29, 1.82) is 0 Å². The lowest BCUT2D eigenvalue weighted by atomic mass is 9.77. The molecular formula is C44H72O10. The molecule has 54 heavy (non-hydrogen) atoms. The third kappa shape index (κ3) is 12.1. The number of aliphatic hydroxyl groups is 4. The number of allylic oxidation sites excluding steroid dienone is 4. The second kappa shape index (κ2) is 20.8. The summed E-state index contributed by atoms with van der Waals surface area (Å²) in [6.45, 7) is 18.1. The first-order valence-electron chi connectivity index (χ1n) is 20.7. The number of carbonyl (C=O) groups excluding carboxylic acids is 3. The van der Waals surface area contributed by atoms with Gasteiger partial charge in [-0.05, 0) is 63.2 Å². The Hall–Kier alpha value is -2.21. The SMILES string of the molecule is CC[C@@H]1/C=C/C=C/C[C@H](C)[C@@H](O)[C@H](C)C(=O)[C@H](C)[C@H](O)[C@H](C)C(=O)[C@H](C)[C@@H](O)[C@@H](C)/C=C/C(=O)O[C@H]2C[C@@]3(CC[C@H](C)[C@H](C[C@@H](C)O)O3)O[C@@H](CC1)[C@H]2C. The van der Waals surface area contributed by atoms with Gasteiger partial charge in [-0.2, -0.15) is 0 Å². The van der Waals surface area contributed by atoms with Gasteiger partial charge in [0.1, 0.15) is 17.7 Å². The van der Waals surface area contributed by atoms with Crippen LogP contribution in [0.5, 0.6) is 0 Å². The summed E-state index contributed by atoms with van der Waals surface area (Å²) in [4.78, 5) is 40.2. The highest BCUT2D eigenvalue weighted by Gasteiger charge is 2.51. The van der Waals surface area contributed by atoms with Crippen LogP contribution in [-0.2, 0) is 28.6 Å². The number of hydrogen-bond acceptors (Lipinski definition) is 10. The lowest BCUT2D eigenvalue weighted by molar-refractivity contribution is -0.347. The van der Waals surface area contributed by atoms with Crippen molar-refractivity contribution in [2.75, 3.05) is 0 Å². The minimum Gasteiger partial charge on any atom is -0.459 e. The number of Topliss-reactive ketones (excluding diaryl/α,β-unsaturated/α-hetero) is 2. The summed E-state index contributed by atoms with van der Waals surface area (Å²) in [6, 6.07) is 0. The predicted octanol–water partition coefficient (Wildman–Crippen LogP) is 6.52. The number of aliphatic hydroxyl groups excluding tert-OH is 4. The molecule has 0 aromatic heterocycles. The Morgan fingerprint density at radius 2 is 1.37 bits per heavy atom. The van der Waals surface area contributed by atoms with Gasteiger partial charge in [-0.25, -0.2) is 4.79 Å². The van der Waals surface area contributed by atoms with Crippen LogP contribution in [0.2, 0.25) is 0 Å². The fraction of sp³-hybridized carbons (Fsp3) is 0.795. The van der Waals surface area contributed by atoms with E-state index in [1.54, 1.807) is 47.6 Å².